The molecule has 23 heavy (non-hydrogen) atoms. The topological polar surface area (TPSA) is 85.1 Å². The summed E-state index contributed by atoms with van der Waals surface area (Å²) >= 11 is 0. The minimum Gasteiger partial charge on any atom is -0.320 e. The van der Waals surface area contributed by atoms with Crippen LogP contribution in [0.5, 0.6) is 0 Å². The highest BCUT2D eigenvalue weighted by Crippen LogP contribution is 2.24. The largest absolute Gasteiger partial charge is 0.320 e. The third kappa shape index (κ3) is 2.87. The standard InChI is InChI=1S/C17H13N3O3/c1-11-5-4-7-14(16(11)20(22)23)17(21)19-13-9-12-6-2-3-8-15(12)18-10-13/h2-10H,1H3,(H,19,21). The number of nitrogens with one attached hydrogen (secondary N) is 1. The highest BCUT2D eigenvalue weighted by molar-refractivity contribution is 6.07. The zero-order valence-electron chi connectivity index (χ0n) is 12.3. The van der Waals surface area contributed by atoms with Crippen molar-refractivity contribution in [3.05, 3.63) is 76.0 Å². The van der Waals surface area contributed by atoms with E-state index in [4.69, 9.17) is 0 Å². The van der Waals surface area contributed by atoms with Crippen molar-refractivity contribution in [1.82, 2.24) is 4.98 Å². The molecule has 0 aliphatic heterocycles. The van der Waals surface area contributed by atoms with Gasteiger partial charge in [-0.3, -0.25) is 19.9 Å². The second-order valence-electron chi connectivity index (χ2n) is 5.10. The van der Waals surface area contributed by atoms with Gasteiger partial charge in [-0.1, -0.05) is 30.3 Å². The Hall–Kier alpha value is -3.28. The van der Waals surface area contributed by atoms with Gasteiger partial charge in [-0.05, 0) is 25.1 Å². The third-order valence-electron chi connectivity index (χ3n) is 3.51. The van der Waals surface area contributed by atoms with Crippen molar-refractivity contribution in [3.8, 4) is 0 Å². The summed E-state index contributed by atoms with van der Waals surface area (Å²) in [6.07, 6.45) is 1.53. The van der Waals surface area contributed by atoms with Crippen LogP contribution in [0.15, 0.2) is 54.7 Å². The molecule has 0 saturated heterocycles. The Morgan fingerprint density at radius 3 is 2.74 bits per heavy atom. The number of pyridine rings is 1. The van der Waals surface area contributed by atoms with Crippen LogP contribution >= 0.6 is 0 Å². The zero-order valence-corrected chi connectivity index (χ0v) is 12.3. The molecule has 114 valence electrons. The SMILES string of the molecule is Cc1cccc(C(=O)Nc2cnc3ccccc3c2)c1[N+](=O)[O-]. The number of nitrogens with zero attached hydrogens (tertiary/aromatic N) is 2. The maximum absolute atomic E-state index is 12.4. The number of fused-ring (bicyclic) bond motifs is 1. The predicted molar refractivity (Wildman–Crippen MR) is 87.5 cm³/mol. The maximum atomic E-state index is 12.4. The van der Waals surface area contributed by atoms with E-state index in [0.29, 0.717) is 11.3 Å². The van der Waals surface area contributed by atoms with Gasteiger partial charge in [0, 0.05) is 10.9 Å². The molecule has 0 spiro atoms. The average Bonchev–Trinajstić information content (AvgIpc) is 2.54. The van der Waals surface area contributed by atoms with Crippen molar-refractivity contribution in [2.75, 3.05) is 5.32 Å². The van der Waals surface area contributed by atoms with Gasteiger partial charge in [0.2, 0.25) is 0 Å². The second kappa shape index (κ2) is 5.84. The van der Waals surface area contributed by atoms with Crippen LogP contribution in [0.4, 0.5) is 11.4 Å². The Bertz CT molecular complexity index is 922. The maximum Gasteiger partial charge on any atom is 0.285 e. The molecule has 1 aromatic heterocycles. The zero-order chi connectivity index (χ0) is 16.4. The van der Waals surface area contributed by atoms with Gasteiger partial charge in [-0.2, -0.15) is 0 Å². The van der Waals surface area contributed by atoms with Gasteiger partial charge in [0.05, 0.1) is 22.3 Å². The molecule has 3 rings (SSSR count). The average molecular weight is 307 g/mol. The van der Waals surface area contributed by atoms with E-state index < -0.39 is 10.8 Å². The lowest BCUT2D eigenvalue weighted by Gasteiger charge is -2.07. The van der Waals surface area contributed by atoms with Crippen LogP contribution in [0.1, 0.15) is 15.9 Å². The van der Waals surface area contributed by atoms with Gasteiger partial charge in [-0.15, -0.1) is 0 Å². The van der Waals surface area contributed by atoms with Crippen LogP contribution < -0.4 is 5.32 Å². The van der Waals surface area contributed by atoms with Crippen LogP contribution in [0, 0.1) is 17.0 Å². The van der Waals surface area contributed by atoms with Crippen molar-refractivity contribution in [2.45, 2.75) is 6.92 Å². The molecule has 0 aliphatic rings. The first-order valence-corrected chi connectivity index (χ1v) is 6.96. The van der Waals surface area contributed by atoms with Gasteiger partial charge in [0.15, 0.2) is 0 Å². The van der Waals surface area contributed by atoms with Crippen LogP contribution in [-0.2, 0) is 0 Å². The lowest BCUT2D eigenvalue weighted by atomic mass is 10.1. The van der Waals surface area contributed by atoms with Crippen molar-refractivity contribution in [3.63, 3.8) is 0 Å². The van der Waals surface area contributed by atoms with E-state index in [9.17, 15) is 14.9 Å². The molecule has 0 bridgehead atoms. The highest BCUT2D eigenvalue weighted by atomic mass is 16.6. The summed E-state index contributed by atoms with van der Waals surface area (Å²) in [6, 6.07) is 13.9. The number of aromatic nitrogens is 1. The number of hydrogen-bond donors (Lipinski definition) is 1. The molecule has 0 unspecified atom stereocenters. The lowest BCUT2D eigenvalue weighted by molar-refractivity contribution is -0.385. The fourth-order valence-electron chi connectivity index (χ4n) is 2.42. The summed E-state index contributed by atoms with van der Waals surface area (Å²) in [4.78, 5) is 27.3. The van der Waals surface area contributed by atoms with Gasteiger partial charge < -0.3 is 5.32 Å². The van der Waals surface area contributed by atoms with Crippen LogP contribution in [0.2, 0.25) is 0 Å². The molecule has 0 atom stereocenters. The fraction of sp³-hybridized carbons (Fsp3) is 0.0588. The smallest absolute Gasteiger partial charge is 0.285 e. The number of anilines is 1. The van der Waals surface area contributed by atoms with Crippen LogP contribution in [0.25, 0.3) is 10.9 Å². The summed E-state index contributed by atoms with van der Waals surface area (Å²) in [5.41, 5.74) is 1.60. The minimum atomic E-state index is -0.539. The first-order chi connectivity index (χ1) is 11.1. The van der Waals surface area contributed by atoms with Crippen molar-refractivity contribution >= 4 is 28.2 Å². The summed E-state index contributed by atoms with van der Waals surface area (Å²) in [6.45, 7) is 1.60. The molecule has 0 saturated carbocycles. The van der Waals surface area contributed by atoms with E-state index >= 15 is 0 Å². The summed E-state index contributed by atoms with van der Waals surface area (Å²) in [5.74, 6) is -0.530. The van der Waals surface area contributed by atoms with E-state index in [-0.39, 0.29) is 11.3 Å². The Labute approximate surface area is 131 Å². The van der Waals surface area contributed by atoms with Crippen molar-refractivity contribution in [2.24, 2.45) is 0 Å². The normalized spacial score (nSPS) is 10.5. The first kappa shape index (κ1) is 14.6. The van der Waals surface area contributed by atoms with Gasteiger partial charge in [0.1, 0.15) is 5.56 Å². The Kier molecular flexibility index (Phi) is 3.72. The quantitative estimate of drug-likeness (QED) is 0.590. The van der Waals surface area contributed by atoms with Crippen LogP contribution in [0.3, 0.4) is 0 Å². The monoisotopic (exact) mass is 307 g/mol. The minimum absolute atomic E-state index is 0.0307. The molecular formula is C17H13N3O3. The molecule has 0 fully saturated rings. The van der Waals surface area contributed by atoms with Gasteiger partial charge in [0.25, 0.3) is 11.6 Å². The van der Waals surface area contributed by atoms with Crippen LogP contribution in [-0.4, -0.2) is 15.8 Å². The second-order valence-corrected chi connectivity index (χ2v) is 5.10. The summed E-state index contributed by atoms with van der Waals surface area (Å²) in [7, 11) is 0. The molecule has 1 heterocycles. The van der Waals surface area contributed by atoms with Gasteiger partial charge >= 0.3 is 0 Å². The van der Waals surface area contributed by atoms with Gasteiger partial charge in [-0.25, -0.2) is 0 Å². The van der Waals surface area contributed by atoms with E-state index in [1.54, 1.807) is 25.1 Å². The molecule has 3 aromatic rings. The van der Waals surface area contributed by atoms with Crippen molar-refractivity contribution < 1.29 is 9.72 Å². The number of nitro benzene ring substituents is 1. The van der Waals surface area contributed by atoms with E-state index in [2.05, 4.69) is 10.3 Å². The molecular weight excluding hydrogens is 294 g/mol. The molecule has 6 heteroatoms. The number of aryl methyl sites for hydroxylation is 1. The molecule has 0 aliphatic carbocycles. The number of carbonyl (C=O) groups is 1. The molecule has 2 aromatic carbocycles. The number of nitro groups is 1. The lowest BCUT2D eigenvalue weighted by Crippen LogP contribution is -2.14. The summed E-state index contributed by atoms with van der Waals surface area (Å²) < 4.78 is 0. The van der Waals surface area contributed by atoms with E-state index in [0.717, 1.165) is 10.9 Å². The van der Waals surface area contributed by atoms with E-state index in [1.807, 2.05) is 24.3 Å². The number of benzene rings is 2. The first-order valence-electron chi connectivity index (χ1n) is 6.96. The van der Waals surface area contributed by atoms with Crippen molar-refractivity contribution in [1.29, 1.82) is 0 Å². The fourth-order valence-corrected chi connectivity index (χ4v) is 2.42. The number of amides is 1. The Balaban J connectivity index is 1.95. The third-order valence-corrected chi connectivity index (χ3v) is 3.51. The highest BCUT2D eigenvalue weighted by Gasteiger charge is 2.22. The number of para-hydroxylation sites is 2. The predicted octanol–water partition coefficient (Wildman–Crippen LogP) is 3.70. The Morgan fingerprint density at radius 1 is 1.17 bits per heavy atom. The molecule has 1 amide bonds. The van der Waals surface area contributed by atoms with E-state index in [1.165, 1.54) is 12.3 Å². The molecule has 1 N–H and O–H groups in total. The number of rotatable bonds is 3. The number of carbonyl (C=O) groups excluding carboxylic acids is 1. The Morgan fingerprint density at radius 2 is 1.96 bits per heavy atom. The molecule has 0 radical (unpaired) electrons. The molecule has 6 nitrogen and oxygen atoms in total. The summed E-state index contributed by atoms with van der Waals surface area (Å²) in [5, 5.41) is 14.7. The number of hydrogen-bond acceptors (Lipinski definition) is 4.